The molecule has 1 nitrogen and oxygen atoms in total. The van der Waals surface area contributed by atoms with E-state index in [1.54, 1.807) is 0 Å². The van der Waals surface area contributed by atoms with Gasteiger partial charge >= 0.3 is 0 Å². The Kier molecular flexibility index (Phi) is 1.31. The minimum atomic E-state index is 0.708. The molecule has 0 aromatic rings. The van der Waals surface area contributed by atoms with Gasteiger partial charge in [0.2, 0.25) is 0 Å². The maximum atomic E-state index is 8.13. The van der Waals surface area contributed by atoms with Gasteiger partial charge in [0.15, 0.2) is 0 Å². The van der Waals surface area contributed by atoms with Crippen LogP contribution in [0.5, 0.6) is 0 Å². The first kappa shape index (κ1) is 4.64. The summed E-state index contributed by atoms with van der Waals surface area (Å²) in [5.41, 5.74) is 0. The maximum absolute atomic E-state index is 8.13. The molecule has 1 radical (unpaired) electrons. The lowest BCUT2D eigenvalue weighted by Gasteiger charge is -2.20. The van der Waals surface area contributed by atoms with Crippen LogP contribution in [-0.4, -0.2) is 0 Å². The third kappa shape index (κ3) is 0.928. The van der Waals surface area contributed by atoms with Crippen molar-refractivity contribution in [3.63, 3.8) is 0 Å². The SMILES string of the molecule is N#CC[C]1CCC1. The van der Waals surface area contributed by atoms with Gasteiger partial charge in [-0.2, -0.15) is 5.26 Å². The van der Waals surface area contributed by atoms with Crippen LogP contribution in [0.1, 0.15) is 25.7 Å². The standard InChI is InChI=1S/C6H8N/c7-5-4-6-2-1-3-6/h1-4H2. The Bertz CT molecular complexity index is 86.8. The minimum absolute atomic E-state index is 0.708. The highest BCUT2D eigenvalue weighted by molar-refractivity contribution is 5.03. The lowest BCUT2D eigenvalue weighted by Crippen LogP contribution is -2.06. The molecule has 0 N–H and O–H groups in total. The quantitative estimate of drug-likeness (QED) is 0.484. The normalized spacial score (nSPS) is 20.4. The number of nitrogens with zero attached hydrogens (tertiary/aromatic N) is 1. The zero-order chi connectivity index (χ0) is 5.11. The van der Waals surface area contributed by atoms with Crippen molar-refractivity contribution < 1.29 is 0 Å². The molecular formula is C6H8N. The molecule has 0 saturated heterocycles. The first-order valence-corrected chi connectivity index (χ1v) is 2.64. The van der Waals surface area contributed by atoms with Crippen LogP contribution in [0.15, 0.2) is 0 Å². The summed E-state index contributed by atoms with van der Waals surface area (Å²) in [7, 11) is 0. The van der Waals surface area contributed by atoms with Crippen molar-refractivity contribution in [2.24, 2.45) is 0 Å². The van der Waals surface area contributed by atoms with Gasteiger partial charge in [-0.25, -0.2) is 0 Å². The summed E-state index contributed by atoms with van der Waals surface area (Å²) in [4.78, 5) is 0. The van der Waals surface area contributed by atoms with E-state index in [4.69, 9.17) is 5.26 Å². The molecule has 0 bridgehead atoms. The van der Waals surface area contributed by atoms with E-state index in [9.17, 15) is 0 Å². The molecule has 0 atom stereocenters. The van der Waals surface area contributed by atoms with Crippen LogP contribution in [-0.2, 0) is 0 Å². The van der Waals surface area contributed by atoms with Gasteiger partial charge in [-0.15, -0.1) is 0 Å². The molecule has 1 aliphatic rings. The van der Waals surface area contributed by atoms with Gasteiger partial charge in [0, 0.05) is 6.42 Å². The van der Waals surface area contributed by atoms with Gasteiger partial charge in [0.25, 0.3) is 0 Å². The maximum Gasteiger partial charge on any atom is 0.0627 e. The van der Waals surface area contributed by atoms with Gasteiger partial charge in [-0.1, -0.05) is 6.42 Å². The molecule has 7 heavy (non-hydrogen) atoms. The van der Waals surface area contributed by atoms with Gasteiger partial charge in [-0.05, 0) is 18.8 Å². The Hall–Kier alpha value is -0.510. The predicted molar refractivity (Wildman–Crippen MR) is 27.3 cm³/mol. The van der Waals surface area contributed by atoms with Gasteiger partial charge < -0.3 is 0 Å². The molecular weight excluding hydrogens is 86.1 g/mol. The van der Waals surface area contributed by atoms with Gasteiger partial charge in [0.1, 0.15) is 0 Å². The van der Waals surface area contributed by atoms with Crippen molar-refractivity contribution in [1.29, 1.82) is 5.26 Å². The summed E-state index contributed by atoms with van der Waals surface area (Å²) in [5.74, 6) is 1.45. The van der Waals surface area contributed by atoms with Gasteiger partial charge in [0.05, 0.1) is 6.07 Å². The van der Waals surface area contributed by atoms with Crippen LogP contribution in [0.2, 0.25) is 0 Å². The second kappa shape index (κ2) is 1.97. The largest absolute Gasteiger partial charge is 0.198 e. The first-order valence-electron chi connectivity index (χ1n) is 2.64. The molecule has 37 valence electrons. The van der Waals surface area contributed by atoms with Crippen molar-refractivity contribution in [1.82, 2.24) is 0 Å². The predicted octanol–water partition coefficient (Wildman–Crippen LogP) is 1.66. The summed E-state index contributed by atoms with van der Waals surface area (Å²) in [6, 6.07) is 2.13. The zero-order valence-electron chi connectivity index (χ0n) is 4.28. The summed E-state index contributed by atoms with van der Waals surface area (Å²) < 4.78 is 0. The molecule has 1 rings (SSSR count). The highest BCUT2D eigenvalue weighted by atomic mass is 14.3. The van der Waals surface area contributed by atoms with Crippen LogP contribution in [0.3, 0.4) is 0 Å². The van der Waals surface area contributed by atoms with Crippen molar-refractivity contribution >= 4 is 0 Å². The zero-order valence-corrected chi connectivity index (χ0v) is 4.28. The van der Waals surface area contributed by atoms with Crippen LogP contribution < -0.4 is 0 Å². The Morgan fingerprint density at radius 1 is 1.57 bits per heavy atom. The fraction of sp³-hybridized carbons (Fsp3) is 0.667. The number of hydrogen-bond donors (Lipinski definition) is 0. The van der Waals surface area contributed by atoms with Crippen molar-refractivity contribution in [2.75, 3.05) is 0 Å². The highest BCUT2D eigenvalue weighted by Crippen LogP contribution is 2.30. The molecule has 0 aromatic carbocycles. The monoisotopic (exact) mass is 94.1 g/mol. The van der Waals surface area contributed by atoms with Crippen LogP contribution in [0, 0.1) is 17.2 Å². The number of rotatable bonds is 1. The fourth-order valence-electron chi connectivity index (χ4n) is 0.715. The average Bonchev–Trinajstić information content (AvgIpc) is 1.55. The van der Waals surface area contributed by atoms with E-state index in [-0.39, 0.29) is 0 Å². The number of hydrogen-bond acceptors (Lipinski definition) is 1. The third-order valence-corrected chi connectivity index (χ3v) is 1.39. The summed E-state index contributed by atoms with van der Waals surface area (Å²) in [6.07, 6.45) is 4.46. The Morgan fingerprint density at radius 3 is 2.43 bits per heavy atom. The molecule has 1 fully saturated rings. The summed E-state index contributed by atoms with van der Waals surface area (Å²) in [5, 5.41) is 8.13. The second-order valence-electron chi connectivity index (χ2n) is 1.94. The summed E-state index contributed by atoms with van der Waals surface area (Å²) in [6.45, 7) is 0. The topological polar surface area (TPSA) is 23.8 Å². The van der Waals surface area contributed by atoms with Crippen molar-refractivity contribution in [3.8, 4) is 6.07 Å². The van der Waals surface area contributed by atoms with E-state index in [0.29, 0.717) is 6.42 Å². The van der Waals surface area contributed by atoms with E-state index in [0.717, 1.165) is 0 Å². The molecule has 0 amide bonds. The molecule has 0 unspecified atom stereocenters. The fourth-order valence-corrected chi connectivity index (χ4v) is 0.715. The lowest BCUT2D eigenvalue weighted by atomic mass is 9.84. The smallest absolute Gasteiger partial charge is 0.0627 e. The molecule has 0 aliphatic heterocycles. The lowest BCUT2D eigenvalue weighted by molar-refractivity contribution is 0.536. The van der Waals surface area contributed by atoms with Crippen LogP contribution >= 0.6 is 0 Å². The van der Waals surface area contributed by atoms with Crippen molar-refractivity contribution in [2.45, 2.75) is 25.7 Å². The Labute approximate surface area is 44.0 Å². The van der Waals surface area contributed by atoms with E-state index in [1.807, 2.05) is 0 Å². The minimum Gasteiger partial charge on any atom is -0.198 e. The van der Waals surface area contributed by atoms with Crippen molar-refractivity contribution in [3.05, 3.63) is 5.92 Å². The van der Waals surface area contributed by atoms with E-state index < -0.39 is 0 Å². The molecule has 0 aromatic heterocycles. The Morgan fingerprint density at radius 2 is 2.29 bits per heavy atom. The highest BCUT2D eigenvalue weighted by Gasteiger charge is 2.16. The van der Waals surface area contributed by atoms with E-state index in [1.165, 1.54) is 25.2 Å². The molecule has 1 heteroatoms. The Balaban J connectivity index is 2.06. The molecule has 0 spiro atoms. The van der Waals surface area contributed by atoms with Crippen LogP contribution in [0.25, 0.3) is 0 Å². The van der Waals surface area contributed by atoms with E-state index in [2.05, 4.69) is 6.07 Å². The summed E-state index contributed by atoms with van der Waals surface area (Å²) >= 11 is 0. The van der Waals surface area contributed by atoms with E-state index >= 15 is 0 Å². The molecule has 1 aliphatic carbocycles. The second-order valence-corrected chi connectivity index (χ2v) is 1.94. The van der Waals surface area contributed by atoms with Crippen LogP contribution in [0.4, 0.5) is 0 Å². The third-order valence-electron chi connectivity index (χ3n) is 1.39. The molecule has 0 heterocycles. The number of nitriles is 1. The van der Waals surface area contributed by atoms with Gasteiger partial charge in [-0.3, -0.25) is 0 Å². The first-order chi connectivity index (χ1) is 3.43. The molecule has 1 saturated carbocycles. The average molecular weight is 94.1 g/mol.